The summed E-state index contributed by atoms with van der Waals surface area (Å²) in [4.78, 5) is 12.4. The molecule has 0 spiro atoms. The minimum atomic E-state index is -0.0686. The lowest BCUT2D eigenvalue weighted by atomic mass is 10.0. The van der Waals surface area contributed by atoms with Crippen LogP contribution in [0.5, 0.6) is 17.2 Å². The summed E-state index contributed by atoms with van der Waals surface area (Å²) in [5, 5.41) is 0. The lowest BCUT2D eigenvalue weighted by Crippen LogP contribution is -2.15. The van der Waals surface area contributed by atoms with Crippen molar-refractivity contribution in [2.45, 2.75) is 0 Å². The van der Waals surface area contributed by atoms with Gasteiger partial charge in [-0.2, -0.15) is 0 Å². The van der Waals surface area contributed by atoms with Crippen LogP contribution in [0.2, 0.25) is 0 Å². The topological polar surface area (TPSA) is 44.8 Å². The van der Waals surface area contributed by atoms with E-state index < -0.39 is 0 Å². The van der Waals surface area contributed by atoms with Crippen molar-refractivity contribution < 1.29 is 19.0 Å². The fourth-order valence-corrected chi connectivity index (χ4v) is 2.12. The molecule has 0 bridgehead atoms. The van der Waals surface area contributed by atoms with Crippen molar-refractivity contribution >= 4 is 5.78 Å². The number of methoxy groups -OCH3 is 1. The van der Waals surface area contributed by atoms with Crippen LogP contribution < -0.4 is 14.2 Å². The second kappa shape index (κ2) is 5.25. The molecule has 0 atom stereocenters. The molecule has 1 aliphatic rings. The summed E-state index contributed by atoms with van der Waals surface area (Å²) < 4.78 is 16.1. The van der Waals surface area contributed by atoms with Gasteiger partial charge in [0.15, 0.2) is 17.3 Å². The molecule has 0 radical (unpaired) electrons. The van der Waals surface area contributed by atoms with E-state index in [-0.39, 0.29) is 5.78 Å². The van der Waals surface area contributed by atoms with Gasteiger partial charge in [-0.1, -0.05) is 12.1 Å². The highest BCUT2D eigenvalue weighted by molar-refractivity contribution is 6.09. The summed E-state index contributed by atoms with van der Waals surface area (Å²) in [5.41, 5.74) is 1.16. The highest BCUT2D eigenvalue weighted by Crippen LogP contribution is 2.31. The molecule has 0 unspecified atom stereocenters. The largest absolute Gasteiger partial charge is 0.497 e. The van der Waals surface area contributed by atoms with E-state index in [2.05, 4.69) is 0 Å². The first-order valence-electron chi connectivity index (χ1n) is 6.36. The summed E-state index contributed by atoms with van der Waals surface area (Å²) in [6.07, 6.45) is 0. The molecule has 0 saturated heterocycles. The molecule has 0 aromatic heterocycles. The van der Waals surface area contributed by atoms with E-state index in [1.807, 2.05) is 0 Å². The van der Waals surface area contributed by atoms with E-state index >= 15 is 0 Å². The quantitative estimate of drug-likeness (QED) is 0.804. The van der Waals surface area contributed by atoms with E-state index in [9.17, 15) is 4.79 Å². The third-order valence-corrected chi connectivity index (χ3v) is 3.14. The maximum atomic E-state index is 12.4. The number of ketones is 1. The van der Waals surface area contributed by atoms with Crippen LogP contribution in [0.1, 0.15) is 15.9 Å². The van der Waals surface area contributed by atoms with Crippen molar-refractivity contribution in [2.24, 2.45) is 0 Å². The van der Waals surface area contributed by atoms with Crippen molar-refractivity contribution in [1.29, 1.82) is 0 Å². The van der Waals surface area contributed by atoms with E-state index in [4.69, 9.17) is 14.2 Å². The fraction of sp³-hybridized carbons (Fsp3) is 0.188. The Hall–Kier alpha value is -2.49. The standard InChI is InChI=1S/C16H14O4/c1-18-13-4-2-3-11(9-13)16(17)12-5-6-14-15(10-12)20-8-7-19-14/h2-6,9-10H,7-8H2,1H3. The van der Waals surface area contributed by atoms with Crippen LogP contribution in [0, 0.1) is 0 Å². The number of rotatable bonds is 3. The molecule has 0 N–H and O–H groups in total. The third kappa shape index (κ3) is 2.32. The first-order chi connectivity index (χ1) is 9.78. The molecule has 4 heteroatoms. The second-order valence-electron chi connectivity index (χ2n) is 4.42. The summed E-state index contributed by atoms with van der Waals surface area (Å²) in [6, 6.07) is 12.3. The van der Waals surface area contributed by atoms with Crippen LogP contribution in [-0.2, 0) is 0 Å². The Morgan fingerprint density at radius 3 is 2.55 bits per heavy atom. The Balaban J connectivity index is 1.93. The average Bonchev–Trinajstić information content (AvgIpc) is 2.53. The molecule has 0 fully saturated rings. The van der Waals surface area contributed by atoms with Gasteiger partial charge in [0, 0.05) is 11.1 Å². The third-order valence-electron chi connectivity index (χ3n) is 3.14. The molecule has 102 valence electrons. The van der Waals surface area contributed by atoms with Gasteiger partial charge in [0.2, 0.25) is 0 Å². The molecule has 1 aliphatic heterocycles. The minimum absolute atomic E-state index is 0.0686. The zero-order chi connectivity index (χ0) is 13.9. The van der Waals surface area contributed by atoms with Crippen LogP contribution in [0.15, 0.2) is 42.5 Å². The molecule has 1 heterocycles. The van der Waals surface area contributed by atoms with E-state index in [0.717, 1.165) is 0 Å². The van der Waals surface area contributed by atoms with Gasteiger partial charge in [-0.25, -0.2) is 0 Å². The summed E-state index contributed by atoms with van der Waals surface area (Å²) in [7, 11) is 1.58. The second-order valence-corrected chi connectivity index (χ2v) is 4.42. The number of hydrogen-bond acceptors (Lipinski definition) is 4. The predicted octanol–water partition coefficient (Wildman–Crippen LogP) is 2.70. The monoisotopic (exact) mass is 270 g/mol. The van der Waals surface area contributed by atoms with Crippen LogP contribution >= 0.6 is 0 Å². The molecule has 0 aliphatic carbocycles. The molecule has 2 aromatic rings. The normalized spacial score (nSPS) is 12.8. The summed E-state index contributed by atoms with van der Waals surface area (Å²) >= 11 is 0. The van der Waals surface area contributed by atoms with Gasteiger partial charge >= 0.3 is 0 Å². The van der Waals surface area contributed by atoms with E-state index in [1.54, 1.807) is 49.6 Å². The first-order valence-corrected chi connectivity index (χ1v) is 6.36. The molecule has 0 saturated carbocycles. The Bertz CT molecular complexity index is 649. The Morgan fingerprint density at radius 1 is 1.00 bits per heavy atom. The lowest BCUT2D eigenvalue weighted by Gasteiger charge is -2.18. The van der Waals surface area contributed by atoms with Crippen molar-refractivity contribution in [1.82, 2.24) is 0 Å². The molecular weight excluding hydrogens is 256 g/mol. The van der Waals surface area contributed by atoms with Crippen LogP contribution in [0.4, 0.5) is 0 Å². The number of carbonyl (C=O) groups is 1. The summed E-state index contributed by atoms with van der Waals surface area (Å²) in [5.74, 6) is 1.89. The smallest absolute Gasteiger partial charge is 0.193 e. The molecule has 2 aromatic carbocycles. The number of hydrogen-bond donors (Lipinski definition) is 0. The SMILES string of the molecule is COc1cccc(C(=O)c2ccc3c(c2)OCCO3)c1. The molecular formula is C16H14O4. The van der Waals surface area contributed by atoms with Crippen molar-refractivity contribution in [3.05, 3.63) is 53.6 Å². The molecule has 20 heavy (non-hydrogen) atoms. The maximum Gasteiger partial charge on any atom is 0.193 e. The number of ether oxygens (including phenoxy) is 3. The predicted molar refractivity (Wildman–Crippen MR) is 73.9 cm³/mol. The van der Waals surface area contributed by atoms with Crippen LogP contribution in [-0.4, -0.2) is 26.1 Å². The van der Waals surface area contributed by atoms with Gasteiger partial charge in [0.05, 0.1) is 7.11 Å². The van der Waals surface area contributed by atoms with Gasteiger partial charge in [-0.15, -0.1) is 0 Å². The van der Waals surface area contributed by atoms with Gasteiger partial charge in [0.25, 0.3) is 0 Å². The van der Waals surface area contributed by atoms with Gasteiger partial charge < -0.3 is 14.2 Å². The number of benzene rings is 2. The van der Waals surface area contributed by atoms with Gasteiger partial charge in [-0.05, 0) is 30.3 Å². The highest BCUT2D eigenvalue weighted by atomic mass is 16.6. The fourth-order valence-electron chi connectivity index (χ4n) is 2.12. The Morgan fingerprint density at radius 2 is 1.75 bits per heavy atom. The number of fused-ring (bicyclic) bond motifs is 1. The average molecular weight is 270 g/mol. The zero-order valence-corrected chi connectivity index (χ0v) is 11.1. The zero-order valence-electron chi connectivity index (χ0n) is 11.1. The molecule has 4 nitrogen and oxygen atoms in total. The molecule has 3 rings (SSSR count). The van der Waals surface area contributed by atoms with Crippen molar-refractivity contribution in [3.63, 3.8) is 0 Å². The number of carbonyl (C=O) groups excluding carboxylic acids is 1. The molecule has 0 amide bonds. The first kappa shape index (κ1) is 12.5. The van der Waals surface area contributed by atoms with E-state index in [1.165, 1.54) is 0 Å². The minimum Gasteiger partial charge on any atom is -0.497 e. The Kier molecular flexibility index (Phi) is 3.29. The lowest BCUT2D eigenvalue weighted by molar-refractivity contribution is 0.103. The maximum absolute atomic E-state index is 12.4. The van der Waals surface area contributed by atoms with E-state index in [0.29, 0.717) is 41.6 Å². The van der Waals surface area contributed by atoms with Crippen molar-refractivity contribution in [3.8, 4) is 17.2 Å². The van der Waals surface area contributed by atoms with Gasteiger partial charge in [0.1, 0.15) is 19.0 Å². The van der Waals surface area contributed by atoms with Gasteiger partial charge in [-0.3, -0.25) is 4.79 Å². The van der Waals surface area contributed by atoms with Crippen LogP contribution in [0.3, 0.4) is 0 Å². The highest BCUT2D eigenvalue weighted by Gasteiger charge is 2.16. The Labute approximate surface area is 116 Å². The summed E-state index contributed by atoms with van der Waals surface area (Å²) in [6.45, 7) is 1.04. The van der Waals surface area contributed by atoms with Crippen LogP contribution in [0.25, 0.3) is 0 Å². The van der Waals surface area contributed by atoms with Crippen molar-refractivity contribution in [2.75, 3.05) is 20.3 Å².